The Bertz CT molecular complexity index is 779. The number of nitriles is 1. The topological polar surface area (TPSA) is 96.4 Å². The molecule has 0 unspecified atom stereocenters. The van der Waals surface area contributed by atoms with Crippen LogP contribution in [0.4, 0.5) is 5.69 Å². The molecule has 2 rings (SSSR count). The van der Waals surface area contributed by atoms with Gasteiger partial charge in [-0.2, -0.15) is 5.26 Å². The van der Waals surface area contributed by atoms with E-state index in [1.165, 1.54) is 24.3 Å². The average molecular weight is 324 g/mol. The van der Waals surface area contributed by atoms with E-state index < -0.39 is 4.92 Å². The second kappa shape index (κ2) is 8.46. The maximum atomic E-state index is 11.2. The SMILES string of the molecule is N#C/C(=C\c1cc(Oc2ccccc2)ccc1[N+](=O)[O-])CCCO. The molecular weight excluding hydrogens is 308 g/mol. The molecule has 0 saturated carbocycles. The third-order valence-corrected chi connectivity index (χ3v) is 3.25. The summed E-state index contributed by atoms with van der Waals surface area (Å²) in [6.45, 7) is -0.0434. The van der Waals surface area contributed by atoms with Crippen LogP contribution in [-0.2, 0) is 0 Å². The normalized spacial score (nSPS) is 10.9. The first-order valence-corrected chi connectivity index (χ1v) is 7.37. The van der Waals surface area contributed by atoms with Gasteiger partial charge in [0.15, 0.2) is 0 Å². The Morgan fingerprint density at radius 1 is 1.25 bits per heavy atom. The minimum atomic E-state index is -0.501. The molecule has 0 bridgehead atoms. The number of nitro groups is 1. The lowest BCUT2D eigenvalue weighted by atomic mass is 10.1. The number of para-hydroxylation sites is 1. The zero-order valence-corrected chi connectivity index (χ0v) is 12.9. The van der Waals surface area contributed by atoms with E-state index in [0.717, 1.165) is 0 Å². The van der Waals surface area contributed by atoms with Crippen LogP contribution in [0.1, 0.15) is 18.4 Å². The fourth-order valence-electron chi connectivity index (χ4n) is 2.12. The fourth-order valence-corrected chi connectivity index (χ4v) is 2.12. The number of aliphatic hydroxyl groups excluding tert-OH is 1. The maximum Gasteiger partial charge on any atom is 0.276 e. The van der Waals surface area contributed by atoms with Gasteiger partial charge < -0.3 is 9.84 Å². The van der Waals surface area contributed by atoms with Crippen LogP contribution in [0.5, 0.6) is 11.5 Å². The first kappa shape index (κ1) is 17.2. The van der Waals surface area contributed by atoms with Crippen LogP contribution in [0.15, 0.2) is 54.1 Å². The van der Waals surface area contributed by atoms with E-state index in [2.05, 4.69) is 0 Å². The fraction of sp³-hybridized carbons (Fsp3) is 0.167. The van der Waals surface area contributed by atoms with E-state index in [1.807, 2.05) is 24.3 Å². The molecule has 0 saturated heterocycles. The molecule has 0 radical (unpaired) electrons. The quantitative estimate of drug-likeness (QED) is 0.470. The zero-order chi connectivity index (χ0) is 17.4. The van der Waals surface area contributed by atoms with Crippen LogP contribution in [-0.4, -0.2) is 16.6 Å². The summed E-state index contributed by atoms with van der Waals surface area (Å²) in [6.07, 6.45) is 2.24. The first-order chi connectivity index (χ1) is 11.6. The van der Waals surface area contributed by atoms with Crippen molar-refractivity contribution in [3.8, 4) is 17.6 Å². The predicted molar refractivity (Wildman–Crippen MR) is 89.5 cm³/mol. The van der Waals surface area contributed by atoms with E-state index in [9.17, 15) is 10.1 Å². The van der Waals surface area contributed by atoms with Crippen LogP contribution in [0.3, 0.4) is 0 Å². The van der Waals surface area contributed by atoms with Gasteiger partial charge in [0.25, 0.3) is 5.69 Å². The summed E-state index contributed by atoms with van der Waals surface area (Å²) >= 11 is 0. The molecule has 0 spiro atoms. The number of hydrogen-bond acceptors (Lipinski definition) is 5. The van der Waals surface area contributed by atoms with E-state index >= 15 is 0 Å². The van der Waals surface area contributed by atoms with Gasteiger partial charge in [-0.25, -0.2) is 0 Å². The molecule has 6 heteroatoms. The van der Waals surface area contributed by atoms with Crippen molar-refractivity contribution < 1.29 is 14.8 Å². The summed E-state index contributed by atoms with van der Waals surface area (Å²) in [5.74, 6) is 1.06. The van der Waals surface area contributed by atoms with Gasteiger partial charge >= 0.3 is 0 Å². The second-order valence-electron chi connectivity index (χ2n) is 5.00. The minimum absolute atomic E-state index is 0.0434. The Balaban J connectivity index is 2.36. The van der Waals surface area contributed by atoms with Gasteiger partial charge in [-0.05, 0) is 43.2 Å². The molecular formula is C18H16N2O4. The van der Waals surface area contributed by atoms with Gasteiger partial charge in [-0.1, -0.05) is 18.2 Å². The van der Waals surface area contributed by atoms with Gasteiger partial charge in [0, 0.05) is 18.2 Å². The molecule has 0 amide bonds. The van der Waals surface area contributed by atoms with Crippen molar-refractivity contribution in [1.82, 2.24) is 0 Å². The minimum Gasteiger partial charge on any atom is -0.457 e. The molecule has 0 aliphatic carbocycles. The molecule has 24 heavy (non-hydrogen) atoms. The Morgan fingerprint density at radius 3 is 2.62 bits per heavy atom. The van der Waals surface area contributed by atoms with E-state index in [0.29, 0.717) is 35.5 Å². The lowest BCUT2D eigenvalue weighted by molar-refractivity contribution is -0.385. The molecule has 122 valence electrons. The number of hydrogen-bond donors (Lipinski definition) is 1. The summed E-state index contributed by atoms with van der Waals surface area (Å²) in [5, 5.41) is 29.2. The number of nitro benzene ring substituents is 1. The van der Waals surface area contributed by atoms with Crippen molar-refractivity contribution >= 4 is 11.8 Å². The van der Waals surface area contributed by atoms with Crippen molar-refractivity contribution in [1.29, 1.82) is 5.26 Å². The highest BCUT2D eigenvalue weighted by Crippen LogP contribution is 2.29. The van der Waals surface area contributed by atoms with Gasteiger partial charge in [0.1, 0.15) is 11.5 Å². The summed E-state index contributed by atoms with van der Waals surface area (Å²) in [7, 11) is 0. The smallest absolute Gasteiger partial charge is 0.276 e. The number of aliphatic hydroxyl groups is 1. The number of allylic oxidation sites excluding steroid dienone is 1. The van der Waals surface area contributed by atoms with Gasteiger partial charge in [0.05, 0.1) is 16.6 Å². The Morgan fingerprint density at radius 2 is 2.00 bits per heavy atom. The highest BCUT2D eigenvalue weighted by Gasteiger charge is 2.14. The number of ether oxygens (including phenoxy) is 1. The molecule has 0 atom stereocenters. The van der Waals surface area contributed by atoms with Crippen molar-refractivity contribution in [3.63, 3.8) is 0 Å². The van der Waals surface area contributed by atoms with E-state index in [-0.39, 0.29) is 12.3 Å². The van der Waals surface area contributed by atoms with Gasteiger partial charge in [0.2, 0.25) is 0 Å². The standard InChI is InChI=1S/C18H16N2O4/c19-13-14(5-4-10-21)11-15-12-17(8-9-18(15)20(22)23)24-16-6-2-1-3-7-16/h1-3,6-9,11-12,21H,4-5,10H2/b14-11-. The van der Waals surface area contributed by atoms with E-state index in [1.54, 1.807) is 12.1 Å². The number of rotatable bonds is 7. The molecule has 0 aliphatic rings. The summed E-state index contributed by atoms with van der Waals surface area (Å²) in [6, 6.07) is 15.5. The van der Waals surface area contributed by atoms with Crippen LogP contribution in [0.25, 0.3) is 6.08 Å². The predicted octanol–water partition coefficient (Wildman–Crippen LogP) is 4.07. The molecule has 0 fully saturated rings. The largest absolute Gasteiger partial charge is 0.457 e. The summed E-state index contributed by atoms with van der Waals surface area (Å²) < 4.78 is 5.68. The van der Waals surface area contributed by atoms with Crippen molar-refractivity contribution in [2.24, 2.45) is 0 Å². The molecule has 2 aromatic rings. The summed E-state index contributed by atoms with van der Waals surface area (Å²) in [4.78, 5) is 10.7. The molecule has 1 N–H and O–H groups in total. The maximum absolute atomic E-state index is 11.2. The second-order valence-corrected chi connectivity index (χ2v) is 5.00. The number of benzene rings is 2. The highest BCUT2D eigenvalue weighted by atomic mass is 16.6. The molecule has 0 aliphatic heterocycles. The molecule has 2 aromatic carbocycles. The summed E-state index contributed by atoms with van der Waals surface area (Å²) in [5.41, 5.74) is 0.555. The number of nitrogens with zero attached hydrogens (tertiary/aromatic N) is 2. The molecule has 0 heterocycles. The van der Waals surface area contributed by atoms with Crippen molar-refractivity contribution in [3.05, 3.63) is 69.8 Å². The van der Waals surface area contributed by atoms with Crippen LogP contribution in [0.2, 0.25) is 0 Å². The average Bonchev–Trinajstić information content (AvgIpc) is 2.59. The molecule has 6 nitrogen and oxygen atoms in total. The van der Waals surface area contributed by atoms with Gasteiger partial charge in [-0.3, -0.25) is 10.1 Å². The Kier molecular flexibility index (Phi) is 6.06. The Labute approximate surface area is 139 Å². The van der Waals surface area contributed by atoms with Crippen molar-refractivity contribution in [2.45, 2.75) is 12.8 Å². The van der Waals surface area contributed by atoms with Gasteiger partial charge in [-0.15, -0.1) is 0 Å². The van der Waals surface area contributed by atoms with E-state index in [4.69, 9.17) is 15.1 Å². The Hall–Kier alpha value is -3.17. The van der Waals surface area contributed by atoms with Crippen LogP contribution in [0, 0.1) is 21.4 Å². The van der Waals surface area contributed by atoms with Crippen LogP contribution < -0.4 is 4.74 Å². The first-order valence-electron chi connectivity index (χ1n) is 7.37. The zero-order valence-electron chi connectivity index (χ0n) is 12.9. The third kappa shape index (κ3) is 4.66. The molecule has 0 aromatic heterocycles. The third-order valence-electron chi connectivity index (χ3n) is 3.25. The lowest BCUT2D eigenvalue weighted by Gasteiger charge is -2.07. The van der Waals surface area contributed by atoms with Crippen LogP contribution >= 0.6 is 0 Å². The van der Waals surface area contributed by atoms with Crippen molar-refractivity contribution in [2.75, 3.05) is 6.61 Å². The monoisotopic (exact) mass is 324 g/mol. The lowest BCUT2D eigenvalue weighted by Crippen LogP contribution is -1.94. The highest BCUT2D eigenvalue weighted by molar-refractivity contribution is 5.67.